The van der Waals surface area contributed by atoms with Gasteiger partial charge in [0.05, 0.1) is 0 Å². The molecule has 0 aliphatic rings. The number of benzene rings is 1. The Balaban J connectivity index is 3.15. The number of halogens is 2. The van der Waals surface area contributed by atoms with Gasteiger partial charge < -0.3 is 0 Å². The first-order valence-corrected chi connectivity index (χ1v) is 4.81. The molecule has 0 amide bonds. The lowest BCUT2D eigenvalue weighted by Crippen LogP contribution is -1.79. The summed E-state index contributed by atoms with van der Waals surface area (Å²) in [6, 6.07) is 6.13. The lowest BCUT2D eigenvalue weighted by Gasteiger charge is -2.01. The van der Waals surface area contributed by atoms with Crippen LogP contribution in [0.1, 0.15) is 11.1 Å². The minimum absolute atomic E-state index is 0.924. The quantitative estimate of drug-likeness (QED) is 0.723. The number of hydrogen-bond donors (Lipinski definition) is 0. The Morgan fingerprint density at radius 2 is 2.09 bits per heavy atom. The molecule has 0 aliphatic heterocycles. The van der Waals surface area contributed by atoms with Crippen LogP contribution in [0, 0.1) is 6.92 Å². The molecule has 0 heterocycles. The van der Waals surface area contributed by atoms with E-state index in [1.165, 1.54) is 5.56 Å². The predicted molar refractivity (Wildman–Crippen MR) is 56.8 cm³/mol. The summed E-state index contributed by atoms with van der Waals surface area (Å²) in [6.07, 6.45) is 0. The number of aryl methyl sites for hydroxylation is 1. The molecule has 0 atom stereocenters. The van der Waals surface area contributed by atoms with Crippen LogP contribution >= 0.6 is 31.9 Å². The van der Waals surface area contributed by atoms with E-state index < -0.39 is 0 Å². The highest BCUT2D eigenvalue weighted by atomic mass is 79.9. The highest BCUT2D eigenvalue weighted by Gasteiger charge is 1.97. The maximum Gasteiger partial charge on any atom is 0.0204 e. The fourth-order valence-corrected chi connectivity index (χ4v) is 1.31. The molecule has 0 radical (unpaired) electrons. The van der Waals surface area contributed by atoms with E-state index in [0.29, 0.717) is 0 Å². The number of rotatable bonds is 1. The smallest absolute Gasteiger partial charge is 0.0204 e. The van der Waals surface area contributed by atoms with Gasteiger partial charge in [-0.15, -0.1) is 0 Å². The van der Waals surface area contributed by atoms with Crippen LogP contribution in [0.15, 0.2) is 29.3 Å². The lowest BCUT2D eigenvalue weighted by molar-refractivity contribution is 1.42. The Bertz CT molecular complexity index is 290. The van der Waals surface area contributed by atoms with Crippen molar-refractivity contribution in [2.75, 3.05) is 0 Å². The summed E-state index contributed by atoms with van der Waals surface area (Å²) < 4.78 is 2.06. The molecule has 2 heteroatoms. The van der Waals surface area contributed by atoms with E-state index in [4.69, 9.17) is 0 Å². The lowest BCUT2D eigenvalue weighted by atomic mass is 10.1. The summed E-state index contributed by atoms with van der Waals surface area (Å²) in [7, 11) is 0. The molecule has 1 rings (SSSR count). The molecule has 1 aromatic carbocycles. The highest BCUT2D eigenvalue weighted by Crippen LogP contribution is 2.23. The van der Waals surface area contributed by atoms with Gasteiger partial charge in [0.25, 0.3) is 0 Å². The molecule has 11 heavy (non-hydrogen) atoms. The fourth-order valence-electron chi connectivity index (χ4n) is 0.813. The first-order valence-electron chi connectivity index (χ1n) is 3.22. The van der Waals surface area contributed by atoms with Gasteiger partial charge in [-0.1, -0.05) is 44.5 Å². The SMILES string of the molecule is C=C(Br)c1ccc(Br)c(C)c1. The Morgan fingerprint density at radius 3 is 2.55 bits per heavy atom. The van der Waals surface area contributed by atoms with E-state index in [0.717, 1.165) is 14.5 Å². The van der Waals surface area contributed by atoms with Crippen LogP contribution in [0.2, 0.25) is 0 Å². The monoisotopic (exact) mass is 274 g/mol. The summed E-state index contributed by atoms with van der Waals surface area (Å²) in [4.78, 5) is 0. The van der Waals surface area contributed by atoms with Gasteiger partial charge in [-0.2, -0.15) is 0 Å². The van der Waals surface area contributed by atoms with Crippen LogP contribution in [0.25, 0.3) is 4.48 Å². The van der Waals surface area contributed by atoms with Crippen molar-refractivity contribution < 1.29 is 0 Å². The molecule has 0 N–H and O–H groups in total. The van der Waals surface area contributed by atoms with Crippen molar-refractivity contribution in [3.8, 4) is 0 Å². The summed E-state index contributed by atoms with van der Waals surface area (Å²) >= 11 is 6.76. The highest BCUT2D eigenvalue weighted by molar-refractivity contribution is 9.15. The molecule has 0 spiro atoms. The Hall–Kier alpha value is -0.0800. The first-order chi connectivity index (χ1) is 5.11. The maximum atomic E-state index is 3.80. The minimum Gasteiger partial charge on any atom is -0.0841 e. The molecule has 0 nitrogen and oxygen atoms in total. The van der Waals surface area contributed by atoms with Crippen molar-refractivity contribution in [3.05, 3.63) is 40.4 Å². The summed E-state index contributed by atoms with van der Waals surface area (Å²) in [6.45, 7) is 5.86. The van der Waals surface area contributed by atoms with Crippen molar-refractivity contribution in [1.82, 2.24) is 0 Å². The molecule has 0 unspecified atom stereocenters. The molecular weight excluding hydrogens is 268 g/mol. The normalized spacial score (nSPS) is 9.73. The molecular formula is C9H8Br2. The second kappa shape index (κ2) is 3.55. The molecule has 0 saturated carbocycles. The van der Waals surface area contributed by atoms with Gasteiger partial charge in [0, 0.05) is 8.96 Å². The van der Waals surface area contributed by atoms with E-state index in [1.54, 1.807) is 0 Å². The Morgan fingerprint density at radius 1 is 1.45 bits per heavy atom. The molecule has 0 saturated heterocycles. The van der Waals surface area contributed by atoms with Gasteiger partial charge in [0.1, 0.15) is 0 Å². The van der Waals surface area contributed by atoms with E-state index in [9.17, 15) is 0 Å². The van der Waals surface area contributed by atoms with Crippen molar-refractivity contribution in [1.29, 1.82) is 0 Å². The van der Waals surface area contributed by atoms with Crippen LogP contribution in [-0.2, 0) is 0 Å². The van der Waals surface area contributed by atoms with Crippen LogP contribution in [-0.4, -0.2) is 0 Å². The molecule has 0 aliphatic carbocycles. The van der Waals surface area contributed by atoms with Gasteiger partial charge in [-0.25, -0.2) is 0 Å². The largest absolute Gasteiger partial charge is 0.0841 e. The van der Waals surface area contributed by atoms with Gasteiger partial charge >= 0.3 is 0 Å². The Kier molecular flexibility index (Phi) is 2.90. The minimum atomic E-state index is 0.924. The van der Waals surface area contributed by atoms with Crippen LogP contribution in [0.3, 0.4) is 0 Å². The zero-order valence-electron chi connectivity index (χ0n) is 6.20. The Labute approximate surface area is 83.6 Å². The zero-order chi connectivity index (χ0) is 8.43. The fraction of sp³-hybridized carbons (Fsp3) is 0.111. The second-order valence-corrected chi connectivity index (χ2v) is 4.18. The molecule has 1 aromatic rings. The van der Waals surface area contributed by atoms with Crippen LogP contribution in [0.5, 0.6) is 0 Å². The third-order valence-electron chi connectivity index (χ3n) is 1.47. The summed E-state index contributed by atoms with van der Waals surface area (Å²) in [5, 5.41) is 0. The third-order valence-corrected chi connectivity index (χ3v) is 2.82. The predicted octanol–water partition coefficient (Wildman–Crippen LogP) is 4.12. The average Bonchev–Trinajstić information content (AvgIpc) is 1.94. The van der Waals surface area contributed by atoms with Gasteiger partial charge in [0.2, 0.25) is 0 Å². The van der Waals surface area contributed by atoms with Crippen molar-refractivity contribution in [2.45, 2.75) is 6.92 Å². The molecule has 0 fully saturated rings. The summed E-state index contributed by atoms with van der Waals surface area (Å²) in [5.41, 5.74) is 2.36. The van der Waals surface area contributed by atoms with Gasteiger partial charge in [-0.05, 0) is 30.2 Å². The standard InChI is InChI=1S/C9H8Br2/c1-6-5-8(7(2)10)3-4-9(6)11/h3-5H,2H2,1H3. The van der Waals surface area contributed by atoms with Crippen LogP contribution < -0.4 is 0 Å². The first kappa shape index (κ1) is 9.01. The maximum absolute atomic E-state index is 3.80. The van der Waals surface area contributed by atoms with E-state index in [2.05, 4.69) is 51.4 Å². The van der Waals surface area contributed by atoms with E-state index in [-0.39, 0.29) is 0 Å². The van der Waals surface area contributed by atoms with Crippen molar-refractivity contribution >= 4 is 36.3 Å². The van der Waals surface area contributed by atoms with Crippen LogP contribution in [0.4, 0.5) is 0 Å². The molecule has 58 valence electrons. The third kappa shape index (κ3) is 2.17. The van der Waals surface area contributed by atoms with E-state index >= 15 is 0 Å². The van der Waals surface area contributed by atoms with Crippen molar-refractivity contribution in [2.24, 2.45) is 0 Å². The topological polar surface area (TPSA) is 0 Å². The van der Waals surface area contributed by atoms with E-state index in [1.807, 2.05) is 12.1 Å². The molecule has 0 bridgehead atoms. The van der Waals surface area contributed by atoms with Crippen molar-refractivity contribution in [3.63, 3.8) is 0 Å². The summed E-state index contributed by atoms with van der Waals surface area (Å²) in [5.74, 6) is 0. The molecule has 0 aromatic heterocycles. The second-order valence-electron chi connectivity index (χ2n) is 2.37. The zero-order valence-corrected chi connectivity index (χ0v) is 9.37. The van der Waals surface area contributed by atoms with Gasteiger partial charge in [0.15, 0.2) is 0 Å². The van der Waals surface area contributed by atoms with Gasteiger partial charge in [-0.3, -0.25) is 0 Å². The average molecular weight is 276 g/mol. The number of hydrogen-bond acceptors (Lipinski definition) is 0.